The summed E-state index contributed by atoms with van der Waals surface area (Å²) in [5.74, 6) is 0.529. The van der Waals surface area contributed by atoms with Crippen LogP contribution >= 0.6 is 11.6 Å². The summed E-state index contributed by atoms with van der Waals surface area (Å²) in [5, 5.41) is 3.55. The van der Waals surface area contributed by atoms with Gasteiger partial charge in [0, 0.05) is 11.1 Å². The first-order chi connectivity index (χ1) is 9.69. The van der Waals surface area contributed by atoms with Crippen LogP contribution in [0.4, 0.5) is 4.39 Å². The Morgan fingerprint density at radius 3 is 2.60 bits per heavy atom. The van der Waals surface area contributed by atoms with Crippen LogP contribution in [0.5, 0.6) is 5.75 Å². The standard InChI is InChI=1S/C16H17ClFNO/c1-19-14(11-20-15-5-3-2-4-6-15)9-12-7-8-13(17)10-16(12)18/h2-8,10,14,19H,9,11H2,1H3. The smallest absolute Gasteiger partial charge is 0.127 e. The molecular formula is C16H17ClFNO. The van der Waals surface area contributed by atoms with E-state index in [1.165, 1.54) is 6.07 Å². The van der Waals surface area contributed by atoms with Gasteiger partial charge in [0.15, 0.2) is 0 Å². The van der Waals surface area contributed by atoms with Gasteiger partial charge in [0.2, 0.25) is 0 Å². The zero-order chi connectivity index (χ0) is 14.4. The molecule has 0 radical (unpaired) electrons. The largest absolute Gasteiger partial charge is 0.492 e. The minimum Gasteiger partial charge on any atom is -0.492 e. The van der Waals surface area contributed by atoms with E-state index in [9.17, 15) is 4.39 Å². The van der Waals surface area contributed by atoms with Gasteiger partial charge >= 0.3 is 0 Å². The van der Waals surface area contributed by atoms with Gasteiger partial charge in [-0.05, 0) is 43.3 Å². The monoisotopic (exact) mass is 293 g/mol. The number of halogens is 2. The normalized spacial score (nSPS) is 12.2. The van der Waals surface area contributed by atoms with Gasteiger partial charge in [-0.15, -0.1) is 0 Å². The van der Waals surface area contributed by atoms with Crippen LogP contribution in [0.15, 0.2) is 48.5 Å². The molecule has 0 heterocycles. The van der Waals surface area contributed by atoms with Crippen molar-refractivity contribution in [2.75, 3.05) is 13.7 Å². The van der Waals surface area contributed by atoms with Crippen LogP contribution in [0.25, 0.3) is 0 Å². The molecule has 0 amide bonds. The summed E-state index contributed by atoms with van der Waals surface area (Å²) in [7, 11) is 1.84. The number of hydrogen-bond donors (Lipinski definition) is 1. The van der Waals surface area contributed by atoms with Crippen molar-refractivity contribution < 1.29 is 9.13 Å². The van der Waals surface area contributed by atoms with Gasteiger partial charge in [0.05, 0.1) is 0 Å². The minimum absolute atomic E-state index is 0.0332. The van der Waals surface area contributed by atoms with Crippen molar-refractivity contribution in [1.82, 2.24) is 5.32 Å². The third-order valence-corrected chi connectivity index (χ3v) is 3.32. The van der Waals surface area contributed by atoms with E-state index in [1.54, 1.807) is 12.1 Å². The lowest BCUT2D eigenvalue weighted by molar-refractivity contribution is 0.269. The lowest BCUT2D eigenvalue weighted by Gasteiger charge is -2.17. The van der Waals surface area contributed by atoms with Crippen molar-refractivity contribution in [1.29, 1.82) is 0 Å². The summed E-state index contributed by atoms with van der Waals surface area (Å²) < 4.78 is 19.4. The van der Waals surface area contributed by atoms with Gasteiger partial charge in [-0.3, -0.25) is 0 Å². The Kier molecular flexibility index (Phi) is 5.39. The van der Waals surface area contributed by atoms with Gasteiger partial charge in [0.25, 0.3) is 0 Å². The summed E-state index contributed by atoms with van der Waals surface area (Å²) >= 11 is 5.75. The zero-order valence-corrected chi connectivity index (χ0v) is 12.0. The van der Waals surface area contributed by atoms with Gasteiger partial charge in [-0.2, -0.15) is 0 Å². The Hall–Kier alpha value is -1.58. The number of likely N-dealkylation sites (N-methyl/N-ethyl adjacent to an activating group) is 1. The van der Waals surface area contributed by atoms with Crippen LogP contribution in [0.1, 0.15) is 5.56 Å². The van der Waals surface area contributed by atoms with Gasteiger partial charge in [0.1, 0.15) is 18.2 Å². The molecule has 0 aliphatic rings. The Balaban J connectivity index is 1.95. The first kappa shape index (κ1) is 14.8. The average molecular weight is 294 g/mol. The number of rotatable bonds is 6. The first-order valence-electron chi connectivity index (χ1n) is 6.48. The molecule has 2 aromatic rings. The second-order valence-electron chi connectivity index (χ2n) is 4.55. The Morgan fingerprint density at radius 1 is 1.20 bits per heavy atom. The van der Waals surface area contributed by atoms with Gasteiger partial charge in [-0.25, -0.2) is 4.39 Å². The van der Waals surface area contributed by atoms with Gasteiger partial charge < -0.3 is 10.1 Å². The summed E-state index contributed by atoms with van der Waals surface area (Å²) in [6, 6.07) is 14.4. The molecule has 1 atom stereocenters. The molecule has 20 heavy (non-hydrogen) atoms. The van der Waals surface area contributed by atoms with E-state index < -0.39 is 0 Å². The average Bonchev–Trinajstić information content (AvgIpc) is 2.46. The number of benzene rings is 2. The van der Waals surface area contributed by atoms with E-state index in [-0.39, 0.29) is 11.9 Å². The molecule has 0 saturated heterocycles. The highest BCUT2D eigenvalue weighted by Crippen LogP contribution is 2.16. The maximum Gasteiger partial charge on any atom is 0.127 e. The maximum atomic E-state index is 13.8. The van der Waals surface area contributed by atoms with Crippen molar-refractivity contribution in [2.45, 2.75) is 12.5 Å². The van der Waals surface area contributed by atoms with E-state index in [4.69, 9.17) is 16.3 Å². The molecule has 0 saturated carbocycles. The molecule has 106 valence electrons. The molecule has 0 bridgehead atoms. The fraction of sp³-hybridized carbons (Fsp3) is 0.250. The van der Waals surface area contributed by atoms with Crippen LogP contribution in [-0.2, 0) is 6.42 Å². The van der Waals surface area contributed by atoms with Crippen molar-refractivity contribution >= 4 is 11.6 Å². The highest BCUT2D eigenvalue weighted by Gasteiger charge is 2.12. The molecule has 0 aliphatic carbocycles. The summed E-state index contributed by atoms with van der Waals surface area (Å²) in [6.45, 7) is 0.475. The van der Waals surface area contributed by atoms with E-state index in [0.717, 1.165) is 5.75 Å². The molecule has 2 nitrogen and oxygen atoms in total. The Morgan fingerprint density at radius 2 is 1.95 bits per heavy atom. The van der Waals surface area contributed by atoms with E-state index >= 15 is 0 Å². The highest BCUT2D eigenvalue weighted by atomic mass is 35.5. The molecule has 0 aromatic heterocycles. The van der Waals surface area contributed by atoms with Crippen molar-refractivity contribution in [3.8, 4) is 5.75 Å². The fourth-order valence-electron chi connectivity index (χ4n) is 1.91. The fourth-order valence-corrected chi connectivity index (χ4v) is 2.07. The molecular weight excluding hydrogens is 277 g/mol. The van der Waals surface area contributed by atoms with E-state index in [2.05, 4.69) is 5.32 Å². The quantitative estimate of drug-likeness (QED) is 0.877. The SMILES string of the molecule is CNC(COc1ccccc1)Cc1ccc(Cl)cc1F. The molecule has 2 aromatic carbocycles. The molecule has 0 aliphatic heterocycles. The Bertz CT molecular complexity index is 547. The Labute approximate surface area is 123 Å². The van der Waals surface area contributed by atoms with E-state index in [0.29, 0.717) is 23.6 Å². The molecule has 2 rings (SSSR count). The molecule has 0 fully saturated rings. The third-order valence-electron chi connectivity index (χ3n) is 3.08. The molecule has 1 N–H and O–H groups in total. The minimum atomic E-state index is -0.280. The maximum absolute atomic E-state index is 13.8. The van der Waals surface area contributed by atoms with E-state index in [1.807, 2.05) is 37.4 Å². The number of hydrogen-bond acceptors (Lipinski definition) is 2. The second-order valence-corrected chi connectivity index (χ2v) is 4.99. The molecule has 1 unspecified atom stereocenters. The van der Waals surface area contributed by atoms with Crippen LogP contribution in [0, 0.1) is 5.82 Å². The number of ether oxygens (including phenoxy) is 1. The van der Waals surface area contributed by atoms with Crippen LogP contribution in [0.2, 0.25) is 5.02 Å². The lowest BCUT2D eigenvalue weighted by atomic mass is 10.1. The lowest BCUT2D eigenvalue weighted by Crippen LogP contribution is -2.34. The zero-order valence-electron chi connectivity index (χ0n) is 11.3. The molecule has 0 spiro atoms. The predicted octanol–water partition coefficient (Wildman–Crippen LogP) is 3.69. The van der Waals surface area contributed by atoms with Crippen LogP contribution in [0.3, 0.4) is 0 Å². The van der Waals surface area contributed by atoms with Crippen LogP contribution in [-0.4, -0.2) is 19.7 Å². The van der Waals surface area contributed by atoms with Crippen molar-refractivity contribution in [3.63, 3.8) is 0 Å². The van der Waals surface area contributed by atoms with Crippen LogP contribution < -0.4 is 10.1 Å². The number of nitrogens with one attached hydrogen (secondary N) is 1. The second kappa shape index (κ2) is 7.27. The summed E-state index contributed by atoms with van der Waals surface area (Å²) in [6.07, 6.45) is 0.548. The van der Waals surface area contributed by atoms with Crippen molar-refractivity contribution in [3.05, 3.63) is 64.9 Å². The third kappa shape index (κ3) is 4.22. The topological polar surface area (TPSA) is 21.3 Å². The first-order valence-corrected chi connectivity index (χ1v) is 6.86. The van der Waals surface area contributed by atoms with Crippen molar-refractivity contribution in [2.24, 2.45) is 0 Å². The number of para-hydroxylation sites is 1. The summed E-state index contributed by atoms with van der Waals surface area (Å²) in [4.78, 5) is 0. The molecule has 4 heteroatoms. The van der Waals surface area contributed by atoms with Gasteiger partial charge in [-0.1, -0.05) is 35.9 Å². The highest BCUT2D eigenvalue weighted by molar-refractivity contribution is 6.30. The summed E-state index contributed by atoms with van der Waals surface area (Å²) in [5.41, 5.74) is 0.630. The predicted molar refractivity (Wildman–Crippen MR) is 79.9 cm³/mol.